The van der Waals surface area contributed by atoms with Gasteiger partial charge >= 0.3 is 43.2 Å². The molecule has 1 fully saturated rings. The second-order valence-electron chi connectivity index (χ2n) is 11.6. The third-order valence-electron chi connectivity index (χ3n) is 7.15. The Balaban J connectivity index is 0.0000260. The van der Waals surface area contributed by atoms with Gasteiger partial charge in [-0.25, -0.2) is 18.3 Å². The summed E-state index contributed by atoms with van der Waals surface area (Å²) < 4.78 is 80.7. The number of carbonyl (C=O) groups is 2. The summed E-state index contributed by atoms with van der Waals surface area (Å²) in [6, 6.07) is 0. The van der Waals surface area contributed by atoms with Crippen LogP contribution in [-0.2, 0) is 59.9 Å². The maximum atomic E-state index is 13.0. The predicted octanol–water partition coefficient (Wildman–Crippen LogP) is 1.45. The molecule has 303 valence electrons. The zero-order chi connectivity index (χ0) is 39.0. The van der Waals surface area contributed by atoms with Crippen molar-refractivity contribution in [1.82, 2.24) is 0 Å². The van der Waals surface area contributed by atoms with E-state index in [1.165, 1.54) is 0 Å². The normalized spacial score (nSPS) is 24.4. The maximum Gasteiger partial charge on any atom is 0.472 e. The van der Waals surface area contributed by atoms with E-state index in [-0.39, 0.29) is 42.4 Å². The summed E-state index contributed by atoms with van der Waals surface area (Å²) in [6.07, 6.45) is -9.83. The first-order valence-corrected chi connectivity index (χ1v) is 22.2. The number of phosphoric acid groups is 4. The van der Waals surface area contributed by atoms with Crippen LogP contribution in [0.4, 0.5) is 0 Å². The number of carbonyl (C=O) groups excluding carboxylic acids is 2. The number of aliphatic hydroxyl groups excluding tert-OH is 2. The predicted molar refractivity (Wildman–Crippen MR) is 177 cm³/mol. The van der Waals surface area contributed by atoms with Crippen molar-refractivity contribution in [2.24, 2.45) is 0 Å². The molecule has 22 nitrogen and oxygen atoms in total. The smallest absolute Gasteiger partial charge is 0.462 e. The number of esters is 2. The Morgan fingerprint density at radius 1 is 0.558 bits per heavy atom. The Morgan fingerprint density at radius 3 is 1.38 bits per heavy atom. The first-order valence-electron chi connectivity index (χ1n) is 16.1. The van der Waals surface area contributed by atoms with Gasteiger partial charge in [0.05, 0.1) is 6.61 Å². The Kier molecular flexibility index (Phi) is 25.0. The fraction of sp³-hybridized carbons (Fsp3) is 0.920. The van der Waals surface area contributed by atoms with Gasteiger partial charge < -0.3 is 53.9 Å². The minimum absolute atomic E-state index is 0. The van der Waals surface area contributed by atoms with Gasteiger partial charge in [-0.15, -0.1) is 0 Å². The number of ether oxygens (including phenoxy) is 2. The summed E-state index contributed by atoms with van der Waals surface area (Å²) in [5.41, 5.74) is 0. The number of hydrogen-bond donors (Lipinski definition) is 9. The molecule has 6 unspecified atom stereocenters. The molecular weight excluding hydrogens is 799 g/mol. The molecule has 0 aromatic heterocycles. The van der Waals surface area contributed by atoms with Crippen LogP contribution in [0.3, 0.4) is 0 Å². The summed E-state index contributed by atoms with van der Waals surface area (Å²) in [7, 11) is -22.9. The zero-order valence-corrected chi connectivity index (χ0v) is 34.6. The molecule has 0 bridgehead atoms. The Bertz CT molecular complexity index is 1220. The minimum Gasteiger partial charge on any atom is -0.462 e. The third kappa shape index (κ3) is 22.8. The van der Waals surface area contributed by atoms with Gasteiger partial charge in [-0.05, 0) is 12.8 Å². The monoisotopic (exact) mass is 849 g/mol. The van der Waals surface area contributed by atoms with Crippen molar-refractivity contribution in [2.75, 3.05) is 13.2 Å². The molecule has 1 rings (SSSR count). The van der Waals surface area contributed by atoms with Crippen molar-refractivity contribution in [3.8, 4) is 0 Å². The molecule has 0 saturated heterocycles. The van der Waals surface area contributed by atoms with E-state index in [9.17, 15) is 72.3 Å². The molecule has 1 aliphatic carbocycles. The molecule has 1 saturated carbocycles. The molecule has 0 aromatic rings. The largest absolute Gasteiger partial charge is 0.472 e. The van der Waals surface area contributed by atoms with E-state index in [1.54, 1.807) is 0 Å². The third-order valence-corrected chi connectivity index (χ3v) is 9.69. The quantitative estimate of drug-likeness (QED) is 0.0257. The topological polar surface area (TPSA) is 349 Å². The Morgan fingerprint density at radius 2 is 0.962 bits per heavy atom. The average Bonchev–Trinajstić information content (AvgIpc) is 2.99. The van der Waals surface area contributed by atoms with Crippen molar-refractivity contribution in [3.63, 3.8) is 0 Å². The standard InChI is InChI=1S/C25H50O22P4.Na/c1-3-5-7-9-11-13-18(26)41-15-17(43-19(27)14-12-10-8-6-4-2)16-42-51(39,40)47-22-20(28)23(44-48(30,31)32)25(46-50(36,37)38)24(21(22)29)45-49(33,34)35;/h17,20-25,28-29H,3-16H2,1-2H3,(H,39,40)(H2,30,31,32)(H2,33,34,35)(H2,36,37,38);. The molecule has 9 N–H and O–H groups in total. The van der Waals surface area contributed by atoms with Crippen LogP contribution >= 0.6 is 31.3 Å². The van der Waals surface area contributed by atoms with Gasteiger partial charge in [0.2, 0.25) is 0 Å². The van der Waals surface area contributed by atoms with Crippen LogP contribution in [0.15, 0.2) is 0 Å². The summed E-state index contributed by atoms with van der Waals surface area (Å²) in [6.45, 7) is 2.38. The molecule has 6 atom stereocenters. The van der Waals surface area contributed by atoms with Crippen molar-refractivity contribution < 1.29 is 104 Å². The molecule has 1 radical (unpaired) electrons. The van der Waals surface area contributed by atoms with E-state index < -0.39 is 99.2 Å². The van der Waals surface area contributed by atoms with Gasteiger partial charge in [0.15, 0.2) is 6.10 Å². The van der Waals surface area contributed by atoms with Gasteiger partial charge in [-0.3, -0.25) is 32.2 Å². The molecule has 0 aromatic carbocycles. The molecule has 0 heterocycles. The second-order valence-corrected chi connectivity index (χ2v) is 16.6. The van der Waals surface area contributed by atoms with Crippen molar-refractivity contribution >= 4 is 72.8 Å². The van der Waals surface area contributed by atoms with Gasteiger partial charge in [-0.1, -0.05) is 65.2 Å². The first kappa shape index (κ1) is 52.3. The molecule has 27 heteroatoms. The van der Waals surface area contributed by atoms with E-state index >= 15 is 0 Å². The van der Waals surface area contributed by atoms with Crippen LogP contribution in [0.25, 0.3) is 0 Å². The summed E-state index contributed by atoms with van der Waals surface area (Å²) in [5, 5.41) is 21.5. The molecule has 0 spiro atoms. The SMILES string of the molecule is CCCCCCCC(=O)OCC(COP(=O)(O)OC1C(O)C(OP(=O)(O)O)C(OP(=O)(O)O)C(OP(=O)(O)O)C1O)OC(=O)CCCCCCC.[Na]. The number of hydrogen-bond acceptors (Lipinski definition) is 15. The Labute approximate surface area is 322 Å². The molecule has 52 heavy (non-hydrogen) atoms. The van der Waals surface area contributed by atoms with Crippen molar-refractivity contribution in [1.29, 1.82) is 0 Å². The van der Waals surface area contributed by atoms with Crippen LogP contribution in [-0.4, -0.2) is 142 Å². The molecule has 0 amide bonds. The molecular formula is C25H50NaO22P4. The fourth-order valence-corrected chi connectivity index (χ4v) is 7.50. The van der Waals surface area contributed by atoms with E-state index in [1.807, 2.05) is 13.8 Å². The molecule has 0 aliphatic heterocycles. The van der Waals surface area contributed by atoms with Crippen molar-refractivity contribution in [2.45, 2.75) is 134 Å². The Hall–Kier alpha value is 0.300. The molecule has 1 aliphatic rings. The van der Waals surface area contributed by atoms with Crippen LogP contribution in [0.2, 0.25) is 0 Å². The van der Waals surface area contributed by atoms with Gasteiger partial charge in [0, 0.05) is 42.4 Å². The van der Waals surface area contributed by atoms with E-state index in [0.29, 0.717) is 19.3 Å². The average molecular weight is 850 g/mol. The fourth-order valence-electron chi connectivity index (χ4n) is 4.84. The summed E-state index contributed by atoms with van der Waals surface area (Å²) in [4.78, 5) is 91.0. The van der Waals surface area contributed by atoms with Crippen LogP contribution in [0.1, 0.15) is 90.9 Å². The van der Waals surface area contributed by atoms with E-state index in [2.05, 4.69) is 13.6 Å². The number of phosphoric ester groups is 4. The zero-order valence-electron chi connectivity index (χ0n) is 29.1. The van der Waals surface area contributed by atoms with Gasteiger partial charge in [-0.2, -0.15) is 0 Å². The summed E-state index contributed by atoms with van der Waals surface area (Å²) in [5.74, 6) is -1.43. The van der Waals surface area contributed by atoms with Crippen molar-refractivity contribution in [3.05, 3.63) is 0 Å². The minimum atomic E-state index is -5.76. The number of unbranched alkanes of at least 4 members (excludes halogenated alkanes) is 8. The maximum absolute atomic E-state index is 13.0. The number of aliphatic hydroxyl groups is 2. The number of rotatable bonds is 26. The van der Waals surface area contributed by atoms with E-state index in [0.717, 1.165) is 44.9 Å². The van der Waals surface area contributed by atoms with Crippen LogP contribution in [0.5, 0.6) is 0 Å². The van der Waals surface area contributed by atoms with E-state index in [4.69, 9.17) is 18.5 Å². The second kappa shape index (κ2) is 24.8. The van der Waals surface area contributed by atoms with Crippen LogP contribution < -0.4 is 0 Å². The summed E-state index contributed by atoms with van der Waals surface area (Å²) >= 11 is 0. The van der Waals surface area contributed by atoms with Gasteiger partial charge in [0.25, 0.3) is 0 Å². The van der Waals surface area contributed by atoms with Gasteiger partial charge in [0.1, 0.15) is 43.2 Å². The van der Waals surface area contributed by atoms with Crippen LogP contribution in [0, 0.1) is 0 Å². The first-order chi connectivity index (χ1) is 23.5.